The Labute approximate surface area is 423 Å². The third-order valence-electron chi connectivity index (χ3n) is 10.9. The first-order valence-corrected chi connectivity index (χ1v) is 19.6. The van der Waals surface area contributed by atoms with Crippen LogP contribution in [0.4, 0.5) is 21.5 Å². The van der Waals surface area contributed by atoms with Crippen molar-refractivity contribution in [2.45, 2.75) is 103 Å². The van der Waals surface area contributed by atoms with Gasteiger partial charge in [-0.25, -0.2) is 4.39 Å². The quantitative estimate of drug-likeness (QED) is 0.109. The van der Waals surface area contributed by atoms with E-state index in [1.807, 2.05) is 6.07 Å². The SMILES string of the molecule is C1CCN(C2CCNCC2)CC1.CCc1cc([N+](=O)[O-])c(OC)cc1F.CCc1cc([N+](=O)[O-])c(OC)cc1N1CCC(N2CCCCC2)CC1.O=CO[O-].[H-].[K+].[K+]. The maximum Gasteiger partial charge on any atom is 1.00 e. The molecule has 0 aliphatic carbocycles. The molecule has 0 radical (unpaired) electrons. The van der Waals surface area contributed by atoms with Crippen molar-refractivity contribution in [1.29, 1.82) is 0 Å². The topological polar surface area (TPSA) is 176 Å². The van der Waals surface area contributed by atoms with Gasteiger partial charge in [0.2, 0.25) is 0 Å². The number of nitro benzene ring substituents is 2. The van der Waals surface area contributed by atoms with Crippen molar-refractivity contribution in [2.24, 2.45) is 0 Å². The van der Waals surface area contributed by atoms with Gasteiger partial charge in [-0.15, -0.1) is 0 Å². The summed E-state index contributed by atoms with van der Waals surface area (Å²) in [5, 5.41) is 33.7. The molecule has 6 rings (SSSR count). The smallest absolute Gasteiger partial charge is 1.00 e. The number of anilines is 1. The largest absolute Gasteiger partial charge is 1.00 e. The number of ether oxygens (including phenoxy) is 2. The summed E-state index contributed by atoms with van der Waals surface area (Å²) in [4.78, 5) is 39.9. The number of likely N-dealkylation sites (tertiary alicyclic amines) is 2. The van der Waals surface area contributed by atoms with Crippen LogP contribution in [0.2, 0.25) is 0 Å². The molecule has 4 heterocycles. The first-order chi connectivity index (χ1) is 26.6. The molecule has 4 saturated heterocycles. The van der Waals surface area contributed by atoms with Crippen LogP contribution in [0.1, 0.15) is 90.6 Å². The predicted octanol–water partition coefficient (Wildman–Crippen LogP) is -0.295. The summed E-state index contributed by atoms with van der Waals surface area (Å²) in [5.74, 6) is -0.171. The van der Waals surface area contributed by atoms with E-state index in [-0.39, 0.29) is 133 Å². The summed E-state index contributed by atoms with van der Waals surface area (Å²) in [6, 6.07) is 7.39. The summed E-state index contributed by atoms with van der Waals surface area (Å²) in [6.45, 7) is 13.3. The molecule has 310 valence electrons. The van der Waals surface area contributed by atoms with Gasteiger partial charge in [0, 0.05) is 55.1 Å². The van der Waals surface area contributed by atoms with Gasteiger partial charge in [0.1, 0.15) is 5.82 Å². The number of hydrogen-bond donors (Lipinski definition) is 1. The number of carbonyl (C=O) groups is 1. The first-order valence-electron chi connectivity index (χ1n) is 19.6. The van der Waals surface area contributed by atoms with Crippen molar-refractivity contribution >= 4 is 23.5 Å². The molecular weight excluding hydrogens is 794 g/mol. The van der Waals surface area contributed by atoms with E-state index in [9.17, 15) is 24.6 Å². The van der Waals surface area contributed by atoms with Crippen molar-refractivity contribution in [3.8, 4) is 11.5 Å². The fourth-order valence-electron chi connectivity index (χ4n) is 7.86. The molecule has 0 atom stereocenters. The monoisotopic (exact) mass is 854 g/mol. The molecule has 1 N–H and O–H groups in total. The zero-order valence-corrected chi connectivity index (χ0v) is 41.2. The van der Waals surface area contributed by atoms with Gasteiger partial charge in [-0.05, 0) is 115 Å². The molecule has 0 spiro atoms. The molecule has 2 aromatic carbocycles. The van der Waals surface area contributed by atoms with Crippen LogP contribution in [-0.4, -0.2) is 105 Å². The molecule has 4 aliphatic heterocycles. The predicted molar refractivity (Wildman–Crippen MR) is 208 cm³/mol. The van der Waals surface area contributed by atoms with Crippen LogP contribution >= 0.6 is 0 Å². The Morgan fingerprint density at radius 1 is 0.737 bits per heavy atom. The van der Waals surface area contributed by atoms with Gasteiger partial charge in [-0.1, -0.05) is 26.7 Å². The zero-order chi connectivity index (χ0) is 40.2. The van der Waals surface area contributed by atoms with Crippen molar-refractivity contribution in [3.05, 3.63) is 61.4 Å². The van der Waals surface area contributed by atoms with E-state index in [1.54, 1.807) is 13.0 Å². The molecule has 0 amide bonds. The number of methoxy groups -OCH3 is 2. The van der Waals surface area contributed by atoms with Crippen LogP contribution in [0.15, 0.2) is 24.3 Å². The third-order valence-corrected chi connectivity index (χ3v) is 10.9. The fraction of sp³-hybridized carbons (Fsp3) is 0.667. The number of hydrogen-bond acceptors (Lipinski definition) is 13. The summed E-state index contributed by atoms with van der Waals surface area (Å²) < 4.78 is 23.2. The zero-order valence-electron chi connectivity index (χ0n) is 36.0. The number of rotatable bonds is 10. The van der Waals surface area contributed by atoms with Crippen LogP contribution in [0, 0.1) is 26.0 Å². The second-order valence-corrected chi connectivity index (χ2v) is 14.1. The van der Waals surface area contributed by atoms with Gasteiger partial charge >= 0.3 is 114 Å². The van der Waals surface area contributed by atoms with E-state index in [2.05, 4.69) is 31.8 Å². The summed E-state index contributed by atoms with van der Waals surface area (Å²) in [5.41, 5.74) is 2.31. The number of nitro groups is 2. The van der Waals surface area contributed by atoms with Crippen molar-refractivity contribution in [3.63, 3.8) is 0 Å². The molecular formula is C39H61FK2N6O9. The number of piperidine rings is 4. The molecule has 18 heteroatoms. The van der Waals surface area contributed by atoms with Gasteiger partial charge in [0.15, 0.2) is 11.5 Å². The van der Waals surface area contributed by atoms with Crippen molar-refractivity contribution in [1.82, 2.24) is 15.1 Å². The first kappa shape index (κ1) is 54.2. The molecule has 4 fully saturated rings. The van der Waals surface area contributed by atoms with E-state index in [0.29, 0.717) is 23.8 Å². The maximum absolute atomic E-state index is 13.2. The van der Waals surface area contributed by atoms with Crippen LogP contribution in [0.5, 0.6) is 11.5 Å². The van der Waals surface area contributed by atoms with E-state index >= 15 is 0 Å². The van der Waals surface area contributed by atoms with Gasteiger partial charge in [-0.3, -0.25) is 25.0 Å². The van der Waals surface area contributed by atoms with Gasteiger partial charge in [0.25, 0.3) is 6.47 Å². The molecule has 4 aliphatic rings. The standard InChI is InChI=1S/C19H29N3O3.C10H20N2.C9H10FNO3.CH2O3.2K.H/c1-3-15-13-18(22(23)24)19(25-2)14-17(15)21-11-7-16(8-12-21)20-9-5-4-6-10-20;1-2-8-12(9-3-1)10-4-6-11-7-5-10;1-3-6-4-8(11(12)13)9(14-2)5-7(6)10;2-1-4-3;;;/h13-14,16H,3-12H2,1-2H3;10-11H,1-9H2;4-5H,3H2,1-2H3;1,3H;;;/q;;;;2*+1;-1/p-1. The Morgan fingerprint density at radius 2 is 1.16 bits per heavy atom. The third kappa shape index (κ3) is 17.6. The van der Waals surface area contributed by atoms with E-state index in [4.69, 9.17) is 19.5 Å². The van der Waals surface area contributed by atoms with Gasteiger partial charge in [-0.2, -0.15) is 0 Å². The molecule has 0 aromatic heterocycles. The molecule has 2 aromatic rings. The number of aryl methyl sites for hydroxylation is 2. The molecule has 57 heavy (non-hydrogen) atoms. The Bertz CT molecular complexity index is 1480. The minimum absolute atomic E-state index is 0. The van der Waals surface area contributed by atoms with Crippen LogP contribution in [0.25, 0.3) is 0 Å². The average Bonchev–Trinajstić information content (AvgIpc) is 3.24. The minimum atomic E-state index is -0.586. The van der Waals surface area contributed by atoms with Crippen molar-refractivity contribution in [2.75, 3.05) is 71.5 Å². The number of nitrogens with zero attached hydrogens (tertiary/aromatic N) is 5. The Balaban J connectivity index is 0.000000840. The molecule has 0 saturated carbocycles. The fourth-order valence-corrected chi connectivity index (χ4v) is 7.86. The van der Waals surface area contributed by atoms with E-state index < -0.39 is 10.7 Å². The van der Waals surface area contributed by atoms with Gasteiger partial charge < -0.3 is 41.1 Å². The minimum Gasteiger partial charge on any atom is -1.00 e. The van der Waals surface area contributed by atoms with Gasteiger partial charge in [0.05, 0.1) is 24.1 Å². The second kappa shape index (κ2) is 30.2. The molecule has 0 unspecified atom stereocenters. The number of carbonyl (C=O) groups excluding carboxylic acids is 1. The number of halogens is 1. The Hall–Kier alpha value is -0.847. The van der Waals surface area contributed by atoms with Crippen LogP contribution < -0.4 is 128 Å². The summed E-state index contributed by atoms with van der Waals surface area (Å²) >= 11 is 0. The van der Waals surface area contributed by atoms with Crippen molar-refractivity contribution < 1.29 is 143 Å². The second-order valence-electron chi connectivity index (χ2n) is 14.1. The maximum atomic E-state index is 13.2. The molecule has 0 bridgehead atoms. The summed E-state index contributed by atoms with van der Waals surface area (Å²) in [7, 11) is 2.77. The number of nitrogens with one attached hydrogen (secondary N) is 1. The Kier molecular flexibility index (Phi) is 28.7. The molecule has 15 nitrogen and oxygen atoms in total. The van der Waals surface area contributed by atoms with E-state index in [1.165, 1.54) is 124 Å². The van der Waals surface area contributed by atoms with E-state index in [0.717, 1.165) is 42.9 Å². The summed E-state index contributed by atoms with van der Waals surface area (Å²) in [6.07, 6.45) is 14.7. The number of benzene rings is 2. The Morgan fingerprint density at radius 3 is 1.56 bits per heavy atom. The van der Waals surface area contributed by atoms with Crippen LogP contribution in [-0.2, 0) is 22.5 Å². The normalized spacial score (nSPS) is 17.6. The van der Waals surface area contributed by atoms with Crippen LogP contribution in [0.3, 0.4) is 0 Å². The average molecular weight is 855 g/mol.